The number of halogens is 3. The number of rotatable bonds is 4. The fourth-order valence-corrected chi connectivity index (χ4v) is 1.19. The predicted molar refractivity (Wildman–Crippen MR) is 56.4 cm³/mol. The first kappa shape index (κ1) is 14.7. The quantitative estimate of drug-likeness (QED) is 0.620. The number of nitriles is 1. The zero-order valence-electron chi connectivity index (χ0n) is 9.48. The van der Waals surface area contributed by atoms with Crippen LogP contribution in [0.1, 0.15) is 5.56 Å². The van der Waals surface area contributed by atoms with Crippen LogP contribution >= 0.6 is 0 Å². The lowest BCUT2D eigenvalue weighted by Gasteiger charge is -2.10. The van der Waals surface area contributed by atoms with Gasteiger partial charge in [-0.05, 0) is 5.56 Å². The van der Waals surface area contributed by atoms with Crippen LogP contribution in [0.25, 0.3) is 0 Å². The Hall–Kier alpha value is -2.36. The van der Waals surface area contributed by atoms with E-state index < -0.39 is 23.8 Å². The van der Waals surface area contributed by atoms with Crippen molar-refractivity contribution < 1.29 is 27.5 Å². The van der Waals surface area contributed by atoms with Crippen LogP contribution in [0.3, 0.4) is 0 Å². The second-order valence-corrected chi connectivity index (χ2v) is 3.52. The maximum Gasteiger partial charge on any atom is 0.452 e. The SMILES string of the molecule is N#CC(C(=O)OCc1ccccc1)C(=O)C(F)(F)F. The van der Waals surface area contributed by atoms with Gasteiger partial charge in [0.05, 0.1) is 6.07 Å². The number of benzene rings is 1. The third-order valence-electron chi connectivity index (χ3n) is 2.13. The molecule has 0 aliphatic carbocycles. The third kappa shape index (κ3) is 4.10. The van der Waals surface area contributed by atoms with Crippen molar-refractivity contribution in [1.29, 1.82) is 5.26 Å². The third-order valence-corrected chi connectivity index (χ3v) is 2.13. The zero-order valence-corrected chi connectivity index (χ0v) is 9.48. The van der Waals surface area contributed by atoms with Gasteiger partial charge in [-0.2, -0.15) is 18.4 Å². The average molecular weight is 271 g/mol. The Morgan fingerprint density at radius 2 is 1.84 bits per heavy atom. The minimum Gasteiger partial charge on any atom is -0.460 e. The molecule has 0 saturated carbocycles. The number of nitrogens with zero attached hydrogens (tertiary/aromatic N) is 1. The zero-order chi connectivity index (χ0) is 14.5. The number of Topliss-reactive ketones (excluding diaryl/α,β-unsaturated/α-hetero) is 1. The van der Waals surface area contributed by atoms with E-state index in [9.17, 15) is 22.8 Å². The molecule has 4 nitrogen and oxygen atoms in total. The second kappa shape index (κ2) is 6.00. The van der Waals surface area contributed by atoms with Crippen molar-refractivity contribution in [3.63, 3.8) is 0 Å². The van der Waals surface area contributed by atoms with E-state index in [2.05, 4.69) is 4.74 Å². The molecule has 100 valence electrons. The van der Waals surface area contributed by atoms with Crippen LogP contribution in [0.15, 0.2) is 30.3 Å². The van der Waals surface area contributed by atoms with Crippen molar-refractivity contribution >= 4 is 11.8 Å². The van der Waals surface area contributed by atoms with Gasteiger partial charge in [0.1, 0.15) is 6.61 Å². The first-order chi connectivity index (χ1) is 8.86. The predicted octanol–water partition coefficient (Wildman–Crippen LogP) is 2.00. The van der Waals surface area contributed by atoms with Crippen LogP contribution in [0.4, 0.5) is 13.2 Å². The number of alkyl halides is 3. The van der Waals surface area contributed by atoms with E-state index in [1.165, 1.54) is 0 Å². The molecule has 1 atom stereocenters. The van der Waals surface area contributed by atoms with Gasteiger partial charge in [-0.15, -0.1) is 0 Å². The van der Waals surface area contributed by atoms with E-state index in [0.29, 0.717) is 5.56 Å². The summed E-state index contributed by atoms with van der Waals surface area (Å²) in [6.45, 7) is -0.303. The van der Waals surface area contributed by atoms with E-state index in [4.69, 9.17) is 5.26 Å². The molecule has 0 spiro atoms. The number of ketones is 1. The Balaban J connectivity index is 2.66. The van der Waals surface area contributed by atoms with Crippen molar-refractivity contribution in [2.24, 2.45) is 5.92 Å². The highest BCUT2D eigenvalue weighted by atomic mass is 19.4. The van der Waals surface area contributed by atoms with Crippen LogP contribution in [0.2, 0.25) is 0 Å². The molecule has 19 heavy (non-hydrogen) atoms. The summed E-state index contributed by atoms with van der Waals surface area (Å²) in [7, 11) is 0. The molecule has 1 unspecified atom stereocenters. The topological polar surface area (TPSA) is 67.2 Å². The Kier molecular flexibility index (Phi) is 4.64. The molecule has 0 bridgehead atoms. The summed E-state index contributed by atoms with van der Waals surface area (Å²) < 4.78 is 40.8. The van der Waals surface area contributed by atoms with Crippen molar-refractivity contribution in [2.45, 2.75) is 12.8 Å². The highest BCUT2D eigenvalue weighted by Gasteiger charge is 2.47. The monoisotopic (exact) mass is 271 g/mol. The molecule has 1 aromatic rings. The Morgan fingerprint density at radius 3 is 2.32 bits per heavy atom. The van der Waals surface area contributed by atoms with E-state index >= 15 is 0 Å². The Labute approximate surface area is 106 Å². The van der Waals surface area contributed by atoms with Gasteiger partial charge in [0.25, 0.3) is 5.78 Å². The molecular weight excluding hydrogens is 263 g/mol. The first-order valence-corrected chi connectivity index (χ1v) is 5.07. The van der Waals surface area contributed by atoms with Crippen LogP contribution < -0.4 is 0 Å². The normalized spacial score (nSPS) is 12.3. The standard InChI is InChI=1S/C12H8F3NO3/c13-12(14,15)10(17)9(6-16)11(18)19-7-8-4-2-1-3-5-8/h1-5,9H,7H2. The fourth-order valence-electron chi connectivity index (χ4n) is 1.19. The minimum atomic E-state index is -5.24. The number of carbonyl (C=O) groups excluding carboxylic acids is 2. The lowest BCUT2D eigenvalue weighted by molar-refractivity contribution is -0.178. The molecule has 0 fully saturated rings. The van der Waals surface area contributed by atoms with Crippen molar-refractivity contribution in [3.8, 4) is 6.07 Å². The summed E-state index contributed by atoms with van der Waals surface area (Å²) in [6, 6.07) is 9.16. The van der Waals surface area contributed by atoms with Gasteiger partial charge >= 0.3 is 12.1 Å². The molecule has 0 N–H and O–H groups in total. The lowest BCUT2D eigenvalue weighted by atomic mass is 10.1. The summed E-state index contributed by atoms with van der Waals surface area (Å²) in [6.07, 6.45) is -5.24. The molecule has 0 aliphatic heterocycles. The van der Waals surface area contributed by atoms with Crippen LogP contribution in [-0.2, 0) is 20.9 Å². The van der Waals surface area contributed by atoms with Gasteiger partial charge in [0, 0.05) is 0 Å². The summed E-state index contributed by atoms with van der Waals surface area (Å²) in [5, 5.41) is 8.46. The van der Waals surface area contributed by atoms with Gasteiger partial charge in [-0.3, -0.25) is 9.59 Å². The van der Waals surface area contributed by atoms with Gasteiger partial charge in [-0.1, -0.05) is 30.3 Å². The summed E-state index contributed by atoms with van der Waals surface area (Å²) in [4.78, 5) is 22.1. The van der Waals surface area contributed by atoms with E-state index in [0.717, 1.165) is 6.07 Å². The molecule has 0 aliphatic rings. The van der Waals surface area contributed by atoms with Crippen LogP contribution in [-0.4, -0.2) is 17.9 Å². The summed E-state index contributed by atoms with van der Waals surface area (Å²) in [5.74, 6) is -6.41. The maximum absolute atomic E-state index is 12.1. The summed E-state index contributed by atoms with van der Waals surface area (Å²) >= 11 is 0. The Morgan fingerprint density at radius 1 is 1.26 bits per heavy atom. The van der Waals surface area contributed by atoms with Gasteiger partial charge in [0.2, 0.25) is 5.92 Å². The van der Waals surface area contributed by atoms with Gasteiger partial charge in [0.15, 0.2) is 0 Å². The molecular formula is C12H8F3NO3. The second-order valence-electron chi connectivity index (χ2n) is 3.52. The smallest absolute Gasteiger partial charge is 0.452 e. The highest BCUT2D eigenvalue weighted by Crippen LogP contribution is 2.21. The average Bonchev–Trinajstić information content (AvgIpc) is 2.37. The lowest BCUT2D eigenvalue weighted by Crippen LogP contribution is -2.35. The van der Waals surface area contributed by atoms with E-state index in [1.807, 2.05) is 0 Å². The van der Waals surface area contributed by atoms with Crippen molar-refractivity contribution in [3.05, 3.63) is 35.9 Å². The molecule has 0 radical (unpaired) electrons. The molecule has 7 heteroatoms. The summed E-state index contributed by atoms with van der Waals surface area (Å²) in [5.41, 5.74) is 0.534. The van der Waals surface area contributed by atoms with Crippen LogP contribution in [0.5, 0.6) is 0 Å². The van der Waals surface area contributed by atoms with Crippen molar-refractivity contribution in [1.82, 2.24) is 0 Å². The highest BCUT2D eigenvalue weighted by molar-refractivity contribution is 6.04. The molecule has 0 heterocycles. The first-order valence-electron chi connectivity index (χ1n) is 5.07. The molecule has 1 aromatic carbocycles. The van der Waals surface area contributed by atoms with Gasteiger partial charge < -0.3 is 4.74 Å². The van der Waals surface area contributed by atoms with E-state index in [1.54, 1.807) is 30.3 Å². The van der Waals surface area contributed by atoms with E-state index in [-0.39, 0.29) is 6.61 Å². The molecule has 0 saturated heterocycles. The number of carbonyl (C=O) groups is 2. The fraction of sp³-hybridized carbons (Fsp3) is 0.250. The molecule has 0 aromatic heterocycles. The van der Waals surface area contributed by atoms with Crippen LogP contribution in [0, 0.1) is 17.2 Å². The van der Waals surface area contributed by atoms with Gasteiger partial charge in [-0.25, -0.2) is 0 Å². The Bertz CT molecular complexity index is 505. The number of ether oxygens (including phenoxy) is 1. The number of esters is 1. The minimum absolute atomic E-state index is 0.303. The molecule has 1 rings (SSSR count). The number of hydrogen-bond acceptors (Lipinski definition) is 4. The molecule has 0 amide bonds. The number of hydrogen-bond donors (Lipinski definition) is 0. The van der Waals surface area contributed by atoms with Crippen molar-refractivity contribution in [2.75, 3.05) is 0 Å². The maximum atomic E-state index is 12.1. The largest absolute Gasteiger partial charge is 0.460 e.